The molecule has 0 saturated heterocycles. The number of aliphatic hydroxyl groups is 2. The van der Waals surface area contributed by atoms with Crippen molar-refractivity contribution in [3.63, 3.8) is 0 Å². The minimum atomic E-state index is -0.623. The summed E-state index contributed by atoms with van der Waals surface area (Å²) in [5.74, 6) is 0.571. The fraction of sp³-hybridized carbons (Fsp3) is 0.867. The van der Waals surface area contributed by atoms with Crippen molar-refractivity contribution < 1.29 is 10.2 Å². The zero-order chi connectivity index (χ0) is 12.8. The fourth-order valence-electron chi connectivity index (χ4n) is 4.13. The van der Waals surface area contributed by atoms with Crippen molar-refractivity contribution in [3.05, 3.63) is 12.2 Å². The van der Waals surface area contributed by atoms with Crippen LogP contribution < -0.4 is 0 Å². The summed E-state index contributed by atoms with van der Waals surface area (Å²) in [4.78, 5) is 0. The van der Waals surface area contributed by atoms with E-state index >= 15 is 0 Å². The van der Waals surface area contributed by atoms with Crippen molar-refractivity contribution in [2.24, 2.45) is 17.3 Å². The summed E-state index contributed by atoms with van der Waals surface area (Å²) in [6.45, 7) is 10.2. The van der Waals surface area contributed by atoms with E-state index in [2.05, 4.69) is 13.5 Å². The first-order valence-corrected chi connectivity index (χ1v) is 6.83. The molecule has 2 saturated carbocycles. The molecule has 2 nitrogen and oxygen atoms in total. The number of aliphatic hydroxyl groups excluding tert-OH is 1. The average molecular weight is 238 g/mol. The highest BCUT2D eigenvalue weighted by Crippen LogP contribution is 2.56. The molecule has 2 N–H and O–H groups in total. The molecule has 17 heavy (non-hydrogen) atoms. The molecule has 0 aromatic carbocycles. The third-order valence-corrected chi connectivity index (χ3v) is 5.43. The summed E-state index contributed by atoms with van der Waals surface area (Å²) in [6.07, 6.45) is 4.43. The van der Waals surface area contributed by atoms with Gasteiger partial charge in [0.25, 0.3) is 0 Å². The molecule has 0 bridgehead atoms. The molecule has 2 fully saturated rings. The van der Waals surface area contributed by atoms with Crippen LogP contribution in [0.5, 0.6) is 0 Å². The zero-order valence-electron chi connectivity index (χ0n) is 11.4. The van der Waals surface area contributed by atoms with Crippen molar-refractivity contribution in [3.8, 4) is 0 Å². The normalized spacial score (nSPS) is 50.8. The fourth-order valence-corrected chi connectivity index (χ4v) is 4.13. The molecule has 98 valence electrons. The van der Waals surface area contributed by atoms with Gasteiger partial charge in [-0.1, -0.05) is 19.1 Å². The van der Waals surface area contributed by atoms with Crippen LogP contribution in [0.3, 0.4) is 0 Å². The van der Waals surface area contributed by atoms with Gasteiger partial charge in [0.15, 0.2) is 0 Å². The van der Waals surface area contributed by atoms with Gasteiger partial charge in [0.2, 0.25) is 0 Å². The summed E-state index contributed by atoms with van der Waals surface area (Å²) in [5, 5.41) is 21.1. The topological polar surface area (TPSA) is 40.5 Å². The van der Waals surface area contributed by atoms with Crippen LogP contribution in [0, 0.1) is 17.3 Å². The van der Waals surface area contributed by atoms with Gasteiger partial charge in [-0.25, -0.2) is 0 Å². The van der Waals surface area contributed by atoms with Crippen molar-refractivity contribution in [1.29, 1.82) is 0 Å². The zero-order valence-corrected chi connectivity index (χ0v) is 11.4. The van der Waals surface area contributed by atoms with Gasteiger partial charge < -0.3 is 10.2 Å². The van der Waals surface area contributed by atoms with Crippen molar-refractivity contribution >= 4 is 0 Å². The summed E-state index contributed by atoms with van der Waals surface area (Å²) in [5.41, 5.74) is 0.419. The maximum atomic E-state index is 10.6. The lowest BCUT2D eigenvalue weighted by atomic mass is 9.52. The van der Waals surface area contributed by atoms with E-state index in [4.69, 9.17) is 0 Å². The Kier molecular flexibility index (Phi) is 3.16. The Morgan fingerprint density at radius 2 is 1.88 bits per heavy atom. The Morgan fingerprint density at radius 1 is 1.24 bits per heavy atom. The standard InChI is InChI=1S/C15H26O2/c1-10(2)11-8-12-14(3,13(16)9-11)6-5-7-15(12,4)17/h11-13,16-17H,1,5-9H2,2-4H3/t11-,12?,13-,14-,15-/m0/s1. The molecule has 2 aliphatic carbocycles. The molecule has 2 heteroatoms. The quantitative estimate of drug-likeness (QED) is 0.690. The summed E-state index contributed by atoms with van der Waals surface area (Å²) in [6, 6.07) is 0. The van der Waals surface area contributed by atoms with Crippen molar-refractivity contribution in [2.45, 2.75) is 64.6 Å². The van der Waals surface area contributed by atoms with Crippen LogP contribution in [0.4, 0.5) is 0 Å². The molecular weight excluding hydrogens is 212 g/mol. The Bertz CT molecular complexity index is 321. The molecule has 0 spiro atoms. The van der Waals surface area contributed by atoms with E-state index in [1.54, 1.807) is 0 Å². The van der Waals surface area contributed by atoms with Gasteiger partial charge in [-0.15, -0.1) is 0 Å². The Hall–Kier alpha value is -0.340. The lowest BCUT2D eigenvalue weighted by Gasteiger charge is -2.56. The third-order valence-electron chi connectivity index (χ3n) is 5.43. The number of hydrogen-bond acceptors (Lipinski definition) is 2. The average Bonchev–Trinajstić information content (AvgIpc) is 2.19. The lowest BCUT2D eigenvalue weighted by Crippen LogP contribution is -2.57. The smallest absolute Gasteiger partial charge is 0.0654 e. The van der Waals surface area contributed by atoms with Crippen LogP contribution in [-0.4, -0.2) is 21.9 Å². The van der Waals surface area contributed by atoms with E-state index in [9.17, 15) is 10.2 Å². The van der Waals surface area contributed by atoms with Gasteiger partial charge in [0.1, 0.15) is 0 Å². The van der Waals surface area contributed by atoms with Crippen LogP contribution in [0.2, 0.25) is 0 Å². The predicted octanol–water partition coefficient (Wildman–Crippen LogP) is 2.89. The van der Waals surface area contributed by atoms with E-state index < -0.39 is 5.60 Å². The second kappa shape index (κ2) is 4.10. The van der Waals surface area contributed by atoms with E-state index in [-0.39, 0.29) is 17.4 Å². The molecule has 0 amide bonds. The second-order valence-electron chi connectivity index (χ2n) is 6.80. The minimum absolute atomic E-state index is 0.103. The first-order chi connectivity index (χ1) is 7.77. The summed E-state index contributed by atoms with van der Waals surface area (Å²) in [7, 11) is 0. The Labute approximate surface area is 105 Å². The first-order valence-electron chi connectivity index (χ1n) is 6.83. The molecule has 0 aliphatic heterocycles. The third kappa shape index (κ3) is 2.06. The van der Waals surface area contributed by atoms with Gasteiger partial charge in [-0.2, -0.15) is 0 Å². The highest BCUT2D eigenvalue weighted by atomic mass is 16.3. The van der Waals surface area contributed by atoms with Gasteiger partial charge in [-0.3, -0.25) is 0 Å². The molecule has 0 aromatic heterocycles. The molecule has 2 rings (SSSR count). The van der Waals surface area contributed by atoms with E-state index in [0.717, 1.165) is 37.7 Å². The van der Waals surface area contributed by atoms with E-state index in [1.165, 1.54) is 0 Å². The number of allylic oxidation sites excluding steroid dienone is 1. The lowest BCUT2D eigenvalue weighted by molar-refractivity contribution is -0.167. The monoisotopic (exact) mass is 238 g/mol. The van der Waals surface area contributed by atoms with Crippen LogP contribution in [0.1, 0.15) is 52.9 Å². The van der Waals surface area contributed by atoms with Gasteiger partial charge in [0.05, 0.1) is 11.7 Å². The minimum Gasteiger partial charge on any atom is -0.393 e. The molecule has 2 aliphatic rings. The molecule has 0 radical (unpaired) electrons. The van der Waals surface area contributed by atoms with Gasteiger partial charge in [0, 0.05) is 0 Å². The molecule has 5 atom stereocenters. The van der Waals surface area contributed by atoms with Gasteiger partial charge >= 0.3 is 0 Å². The number of fused-ring (bicyclic) bond motifs is 1. The Morgan fingerprint density at radius 3 is 2.47 bits per heavy atom. The number of hydrogen-bond donors (Lipinski definition) is 2. The summed E-state index contributed by atoms with van der Waals surface area (Å²) >= 11 is 0. The van der Waals surface area contributed by atoms with Gasteiger partial charge in [-0.05, 0) is 63.2 Å². The SMILES string of the molecule is C=C(C)[C@H]1CC2[C@@](C)(O)CCC[C@]2(C)[C@@H](O)C1. The van der Waals surface area contributed by atoms with Crippen LogP contribution >= 0.6 is 0 Å². The van der Waals surface area contributed by atoms with Crippen molar-refractivity contribution in [1.82, 2.24) is 0 Å². The molecule has 0 aromatic rings. The van der Waals surface area contributed by atoms with Crippen LogP contribution in [0.25, 0.3) is 0 Å². The highest BCUT2D eigenvalue weighted by Gasteiger charge is 2.54. The van der Waals surface area contributed by atoms with Crippen LogP contribution in [-0.2, 0) is 0 Å². The molecule has 0 heterocycles. The molecule has 1 unspecified atom stereocenters. The Balaban J connectivity index is 2.30. The number of rotatable bonds is 1. The van der Waals surface area contributed by atoms with E-state index in [0.29, 0.717) is 5.92 Å². The summed E-state index contributed by atoms with van der Waals surface area (Å²) < 4.78 is 0. The van der Waals surface area contributed by atoms with Crippen molar-refractivity contribution in [2.75, 3.05) is 0 Å². The molecular formula is C15H26O2. The maximum Gasteiger partial charge on any atom is 0.0654 e. The highest BCUT2D eigenvalue weighted by molar-refractivity contribution is 5.10. The van der Waals surface area contributed by atoms with E-state index in [1.807, 2.05) is 13.8 Å². The van der Waals surface area contributed by atoms with Crippen LogP contribution in [0.15, 0.2) is 12.2 Å². The predicted molar refractivity (Wildman–Crippen MR) is 69.6 cm³/mol. The second-order valence-corrected chi connectivity index (χ2v) is 6.80. The first kappa shape index (κ1) is 13.1. The maximum absolute atomic E-state index is 10.6. The largest absolute Gasteiger partial charge is 0.393 e.